The van der Waals surface area contributed by atoms with Crippen LogP contribution in [0.1, 0.15) is 22.0 Å². The summed E-state index contributed by atoms with van der Waals surface area (Å²) in [4.78, 5) is 12.3. The largest absolute Gasteiger partial charge is 0.333 e. The second kappa shape index (κ2) is 7.42. The Labute approximate surface area is 145 Å². The van der Waals surface area contributed by atoms with E-state index in [9.17, 15) is 22.9 Å². The van der Waals surface area contributed by atoms with Crippen LogP contribution in [0.2, 0.25) is 0 Å². The van der Waals surface area contributed by atoms with E-state index in [1.165, 1.54) is 62.6 Å². The van der Waals surface area contributed by atoms with E-state index in [4.69, 9.17) is 0 Å². The third-order valence-electron chi connectivity index (χ3n) is 3.48. The van der Waals surface area contributed by atoms with Gasteiger partial charge in [0, 0.05) is 19.7 Å². The molecule has 1 N–H and O–H groups in total. The van der Waals surface area contributed by atoms with Crippen molar-refractivity contribution in [2.45, 2.75) is 10.9 Å². The Hall–Kier alpha value is -2.76. The number of benzene rings is 2. The fraction of sp³-hybridized carbons (Fsp3) is 0.176. The fourth-order valence-electron chi connectivity index (χ4n) is 2.07. The number of carbonyl (C=O) groups is 1. The highest BCUT2D eigenvalue weighted by Gasteiger charge is 2.20. The number of hydrogen-bond acceptors (Lipinski definition) is 4. The molecule has 2 rings (SSSR count). The second-order valence-electron chi connectivity index (χ2n) is 5.40. The molecule has 0 saturated heterocycles. The number of nitrogens with zero attached hydrogens (tertiary/aromatic N) is 2. The Balaban J connectivity index is 2.26. The Kier molecular flexibility index (Phi) is 5.51. The molecule has 0 aliphatic rings. The number of amides is 1. The number of rotatable bonds is 5. The lowest BCUT2D eigenvalue weighted by Gasteiger charge is -2.14. The number of hydrogen-bond donors (Lipinski definition) is 1. The zero-order valence-corrected chi connectivity index (χ0v) is 14.4. The highest BCUT2D eigenvalue weighted by Crippen LogP contribution is 2.17. The maximum Gasteiger partial charge on any atom is 0.252 e. The molecule has 6 nitrogen and oxygen atoms in total. The van der Waals surface area contributed by atoms with Crippen molar-refractivity contribution in [3.05, 3.63) is 65.5 Å². The molecule has 0 heterocycles. The lowest BCUT2D eigenvalue weighted by Crippen LogP contribution is -2.28. The Morgan fingerprint density at radius 3 is 2.40 bits per heavy atom. The van der Waals surface area contributed by atoms with E-state index in [0.29, 0.717) is 5.56 Å². The average Bonchev–Trinajstić information content (AvgIpc) is 2.60. The van der Waals surface area contributed by atoms with E-state index in [-0.39, 0.29) is 10.5 Å². The first-order chi connectivity index (χ1) is 11.8. The van der Waals surface area contributed by atoms with Gasteiger partial charge in [-0.25, -0.2) is 17.1 Å². The molecule has 1 amide bonds. The van der Waals surface area contributed by atoms with E-state index in [0.717, 1.165) is 4.31 Å². The van der Waals surface area contributed by atoms with Crippen LogP contribution in [-0.2, 0) is 10.0 Å². The minimum atomic E-state index is -3.68. The molecule has 8 heteroatoms. The monoisotopic (exact) mass is 361 g/mol. The first kappa shape index (κ1) is 18.6. The molecule has 0 fully saturated rings. The van der Waals surface area contributed by atoms with Gasteiger partial charge in [-0.2, -0.15) is 5.26 Å². The smallest absolute Gasteiger partial charge is 0.252 e. The molecule has 130 valence electrons. The number of halogens is 1. The van der Waals surface area contributed by atoms with Gasteiger partial charge in [0.25, 0.3) is 5.91 Å². The normalized spacial score (nSPS) is 12.4. The number of nitrogens with one attached hydrogen (secondary N) is 1. The molecule has 0 radical (unpaired) electrons. The van der Waals surface area contributed by atoms with Crippen LogP contribution in [0.5, 0.6) is 0 Å². The maximum absolute atomic E-state index is 13.0. The van der Waals surface area contributed by atoms with E-state index >= 15 is 0 Å². The first-order valence-corrected chi connectivity index (χ1v) is 8.68. The van der Waals surface area contributed by atoms with Gasteiger partial charge in [0.05, 0.1) is 11.0 Å². The molecule has 0 spiro atoms. The molecule has 25 heavy (non-hydrogen) atoms. The summed E-state index contributed by atoms with van der Waals surface area (Å²) in [6.45, 7) is 0. The quantitative estimate of drug-likeness (QED) is 0.883. The average molecular weight is 361 g/mol. The van der Waals surface area contributed by atoms with E-state index < -0.39 is 27.8 Å². The van der Waals surface area contributed by atoms with Gasteiger partial charge in [-0.15, -0.1) is 0 Å². The zero-order valence-electron chi connectivity index (χ0n) is 13.6. The van der Waals surface area contributed by atoms with Crippen molar-refractivity contribution >= 4 is 15.9 Å². The van der Waals surface area contributed by atoms with Crippen molar-refractivity contribution in [1.29, 1.82) is 5.26 Å². The second-order valence-corrected chi connectivity index (χ2v) is 7.55. The SMILES string of the molecule is CN(C)S(=O)(=O)c1cccc(C(=O)N[C@H](C#N)c2ccc(F)cc2)c1. The number of carbonyl (C=O) groups excluding carboxylic acids is 1. The van der Waals surface area contributed by atoms with E-state index in [1.807, 2.05) is 6.07 Å². The van der Waals surface area contributed by atoms with Crippen LogP contribution in [0, 0.1) is 17.1 Å². The molecule has 2 aromatic carbocycles. The van der Waals surface area contributed by atoms with E-state index in [2.05, 4.69) is 5.32 Å². The predicted molar refractivity (Wildman–Crippen MR) is 89.5 cm³/mol. The van der Waals surface area contributed by atoms with Gasteiger partial charge in [-0.1, -0.05) is 18.2 Å². The summed E-state index contributed by atoms with van der Waals surface area (Å²) in [7, 11) is -0.895. The summed E-state index contributed by atoms with van der Waals surface area (Å²) in [5, 5.41) is 11.7. The third kappa shape index (κ3) is 4.21. The predicted octanol–water partition coefficient (Wildman–Crippen LogP) is 2.07. The molecule has 0 aliphatic carbocycles. The topological polar surface area (TPSA) is 90.3 Å². The third-order valence-corrected chi connectivity index (χ3v) is 5.29. The molecule has 0 saturated carbocycles. The molecule has 0 aromatic heterocycles. The molecule has 0 bridgehead atoms. The summed E-state index contributed by atoms with van der Waals surface area (Å²) in [5.74, 6) is -1.06. The Morgan fingerprint density at radius 1 is 1.20 bits per heavy atom. The molecule has 1 atom stereocenters. The molecular formula is C17H16FN3O3S. The molecule has 0 unspecified atom stereocenters. The van der Waals surface area contributed by atoms with Crippen molar-refractivity contribution in [2.24, 2.45) is 0 Å². The van der Waals surface area contributed by atoms with Crippen molar-refractivity contribution < 1.29 is 17.6 Å². The Morgan fingerprint density at radius 2 is 1.84 bits per heavy atom. The molecular weight excluding hydrogens is 345 g/mol. The highest BCUT2D eigenvalue weighted by atomic mass is 32.2. The first-order valence-electron chi connectivity index (χ1n) is 7.24. The minimum absolute atomic E-state index is 0.0274. The van der Waals surface area contributed by atoms with Gasteiger partial charge in [0.2, 0.25) is 10.0 Å². The maximum atomic E-state index is 13.0. The van der Waals surface area contributed by atoms with Gasteiger partial charge >= 0.3 is 0 Å². The van der Waals surface area contributed by atoms with Gasteiger partial charge < -0.3 is 5.32 Å². The summed E-state index contributed by atoms with van der Waals surface area (Å²) in [6, 6.07) is 11.6. The van der Waals surface area contributed by atoms with E-state index in [1.54, 1.807) is 0 Å². The van der Waals surface area contributed by atoms with Crippen molar-refractivity contribution in [1.82, 2.24) is 9.62 Å². The summed E-state index contributed by atoms with van der Waals surface area (Å²) in [5.41, 5.74) is 0.527. The fourth-order valence-corrected chi connectivity index (χ4v) is 3.02. The standard InChI is InChI=1S/C17H16FN3O3S/c1-21(2)25(23,24)15-5-3-4-13(10-15)17(22)20-16(11-19)12-6-8-14(18)9-7-12/h3-10,16H,1-2H3,(H,20,22)/t16-/m1/s1. The summed E-state index contributed by atoms with van der Waals surface area (Å²) < 4.78 is 38.3. The molecule has 2 aromatic rings. The zero-order chi connectivity index (χ0) is 18.6. The van der Waals surface area contributed by atoms with Crippen LogP contribution in [0.4, 0.5) is 4.39 Å². The lowest BCUT2D eigenvalue weighted by molar-refractivity contribution is 0.0945. The van der Waals surface area contributed by atoms with Crippen LogP contribution in [0.3, 0.4) is 0 Å². The van der Waals surface area contributed by atoms with Crippen molar-refractivity contribution in [3.63, 3.8) is 0 Å². The van der Waals surface area contributed by atoms with Crippen molar-refractivity contribution in [3.8, 4) is 6.07 Å². The summed E-state index contributed by atoms with van der Waals surface area (Å²) >= 11 is 0. The van der Waals surface area contributed by atoms with Gasteiger partial charge in [-0.3, -0.25) is 4.79 Å². The minimum Gasteiger partial charge on any atom is -0.333 e. The highest BCUT2D eigenvalue weighted by molar-refractivity contribution is 7.89. The van der Waals surface area contributed by atoms with Gasteiger partial charge in [0.15, 0.2) is 0 Å². The van der Waals surface area contributed by atoms with Crippen molar-refractivity contribution in [2.75, 3.05) is 14.1 Å². The summed E-state index contributed by atoms with van der Waals surface area (Å²) in [6.07, 6.45) is 0. The van der Waals surface area contributed by atoms with Crippen LogP contribution in [-0.4, -0.2) is 32.7 Å². The molecule has 0 aliphatic heterocycles. The van der Waals surface area contributed by atoms with Crippen LogP contribution in [0.15, 0.2) is 53.4 Å². The van der Waals surface area contributed by atoms with Gasteiger partial charge in [0.1, 0.15) is 11.9 Å². The van der Waals surface area contributed by atoms with Gasteiger partial charge in [-0.05, 0) is 35.9 Å². The lowest BCUT2D eigenvalue weighted by atomic mass is 10.1. The number of sulfonamides is 1. The number of nitriles is 1. The van der Waals surface area contributed by atoms with Crippen LogP contribution in [0.25, 0.3) is 0 Å². The van der Waals surface area contributed by atoms with Crippen LogP contribution >= 0.6 is 0 Å². The van der Waals surface area contributed by atoms with Crippen LogP contribution < -0.4 is 5.32 Å². The Bertz CT molecular complexity index is 919.